The Morgan fingerprint density at radius 3 is 2.39 bits per heavy atom. The topological polar surface area (TPSA) is 133 Å². The number of esters is 1. The van der Waals surface area contributed by atoms with Crippen LogP contribution in [0.1, 0.15) is 34.1 Å². The predicted molar refractivity (Wildman–Crippen MR) is 115 cm³/mol. The van der Waals surface area contributed by atoms with Gasteiger partial charge in [0.25, 0.3) is 0 Å². The zero-order chi connectivity index (χ0) is 23.8. The fourth-order valence-electron chi connectivity index (χ4n) is 3.17. The lowest BCUT2D eigenvalue weighted by Gasteiger charge is -2.26. The van der Waals surface area contributed by atoms with Crippen molar-refractivity contribution in [2.24, 2.45) is 5.92 Å². The summed E-state index contributed by atoms with van der Waals surface area (Å²) in [5.41, 5.74) is 0.309. The SMILES string of the molecule is CC=C(C=C(C)C=C(C)C=CC=C(C)C(=O)[C@H]1C(=O)N[C@@](O)(CCO)[C@@H]1O)C(=O)OC. The van der Waals surface area contributed by atoms with Crippen LogP contribution in [0.2, 0.25) is 0 Å². The number of ketones is 1. The van der Waals surface area contributed by atoms with Gasteiger partial charge in [0.15, 0.2) is 11.5 Å². The fourth-order valence-corrected chi connectivity index (χ4v) is 3.17. The molecule has 1 heterocycles. The number of Topliss-reactive ketones (excluding diaryl/α,β-unsaturated/α-hetero) is 1. The van der Waals surface area contributed by atoms with Crippen molar-refractivity contribution >= 4 is 17.7 Å². The normalized spacial score (nSPS) is 25.7. The Bertz CT molecular complexity index is 863. The number of carbonyl (C=O) groups excluding carboxylic acids is 3. The van der Waals surface area contributed by atoms with Crippen molar-refractivity contribution < 1.29 is 34.4 Å². The van der Waals surface area contributed by atoms with E-state index in [4.69, 9.17) is 9.84 Å². The molecule has 0 radical (unpaired) electrons. The van der Waals surface area contributed by atoms with Crippen molar-refractivity contribution in [1.29, 1.82) is 0 Å². The van der Waals surface area contributed by atoms with Gasteiger partial charge in [0.1, 0.15) is 12.0 Å². The monoisotopic (exact) mass is 433 g/mol. The van der Waals surface area contributed by atoms with Gasteiger partial charge in [-0.3, -0.25) is 9.59 Å². The Kier molecular flexibility index (Phi) is 9.77. The molecular formula is C23H31NO7. The minimum Gasteiger partial charge on any atom is -0.465 e. The van der Waals surface area contributed by atoms with Crippen LogP contribution in [0.25, 0.3) is 0 Å². The summed E-state index contributed by atoms with van der Waals surface area (Å²) in [6.07, 6.45) is 8.14. The molecule has 1 rings (SSSR count). The maximum absolute atomic E-state index is 12.6. The molecule has 0 spiro atoms. The van der Waals surface area contributed by atoms with Crippen molar-refractivity contribution in [1.82, 2.24) is 5.32 Å². The molecule has 8 heteroatoms. The van der Waals surface area contributed by atoms with Gasteiger partial charge in [-0.25, -0.2) is 4.79 Å². The molecule has 31 heavy (non-hydrogen) atoms. The first-order valence-corrected chi connectivity index (χ1v) is 9.84. The average molecular weight is 434 g/mol. The molecule has 0 aliphatic carbocycles. The van der Waals surface area contributed by atoms with Crippen LogP contribution in [0.3, 0.4) is 0 Å². The van der Waals surface area contributed by atoms with E-state index in [-0.39, 0.29) is 12.0 Å². The molecule has 170 valence electrons. The molecule has 0 aromatic carbocycles. The highest BCUT2D eigenvalue weighted by Crippen LogP contribution is 2.29. The van der Waals surface area contributed by atoms with Crippen molar-refractivity contribution in [3.63, 3.8) is 0 Å². The number of aliphatic hydroxyl groups excluding tert-OH is 2. The van der Waals surface area contributed by atoms with Gasteiger partial charge in [-0.15, -0.1) is 0 Å². The van der Waals surface area contributed by atoms with E-state index in [0.29, 0.717) is 5.57 Å². The lowest BCUT2D eigenvalue weighted by Crippen LogP contribution is -2.50. The van der Waals surface area contributed by atoms with Gasteiger partial charge >= 0.3 is 5.97 Å². The first-order chi connectivity index (χ1) is 14.5. The Morgan fingerprint density at radius 2 is 1.84 bits per heavy atom. The molecule has 0 unspecified atom stereocenters. The van der Waals surface area contributed by atoms with Gasteiger partial charge < -0.3 is 25.4 Å². The van der Waals surface area contributed by atoms with Crippen molar-refractivity contribution in [2.45, 2.75) is 45.9 Å². The van der Waals surface area contributed by atoms with E-state index < -0.39 is 42.0 Å². The van der Waals surface area contributed by atoms with Crippen LogP contribution in [0, 0.1) is 5.92 Å². The van der Waals surface area contributed by atoms with Gasteiger partial charge in [0, 0.05) is 13.0 Å². The van der Waals surface area contributed by atoms with E-state index in [1.807, 2.05) is 19.9 Å². The number of hydrogen-bond donors (Lipinski definition) is 4. The number of allylic oxidation sites excluding steroid dienone is 8. The minimum absolute atomic E-state index is 0.227. The minimum atomic E-state index is -2.03. The number of aliphatic hydroxyl groups is 3. The van der Waals surface area contributed by atoms with E-state index in [2.05, 4.69) is 5.32 Å². The summed E-state index contributed by atoms with van der Waals surface area (Å²) in [4.78, 5) is 36.3. The fraction of sp³-hybridized carbons (Fsp3) is 0.435. The first-order valence-electron chi connectivity index (χ1n) is 9.84. The van der Waals surface area contributed by atoms with E-state index >= 15 is 0 Å². The van der Waals surface area contributed by atoms with E-state index in [0.717, 1.165) is 11.1 Å². The van der Waals surface area contributed by atoms with Crippen molar-refractivity contribution in [2.75, 3.05) is 13.7 Å². The van der Waals surface area contributed by atoms with Crippen LogP contribution in [-0.2, 0) is 19.1 Å². The van der Waals surface area contributed by atoms with Crippen LogP contribution < -0.4 is 5.32 Å². The molecule has 0 aromatic rings. The molecule has 8 nitrogen and oxygen atoms in total. The van der Waals surface area contributed by atoms with Crippen LogP contribution >= 0.6 is 0 Å². The van der Waals surface area contributed by atoms with Crippen molar-refractivity contribution in [3.05, 3.63) is 58.7 Å². The summed E-state index contributed by atoms with van der Waals surface area (Å²) >= 11 is 0. The third-order valence-electron chi connectivity index (χ3n) is 4.87. The Balaban J connectivity index is 2.91. The van der Waals surface area contributed by atoms with Crippen molar-refractivity contribution in [3.8, 4) is 0 Å². The second-order valence-electron chi connectivity index (χ2n) is 7.39. The second kappa shape index (κ2) is 11.5. The first kappa shape index (κ1) is 26.2. The summed E-state index contributed by atoms with van der Waals surface area (Å²) in [7, 11) is 1.32. The summed E-state index contributed by atoms with van der Waals surface area (Å²) in [6, 6.07) is 0. The largest absolute Gasteiger partial charge is 0.465 e. The van der Waals surface area contributed by atoms with Crippen LogP contribution in [-0.4, -0.2) is 58.5 Å². The highest BCUT2D eigenvalue weighted by molar-refractivity contribution is 6.11. The predicted octanol–water partition coefficient (Wildman–Crippen LogP) is 1.25. The maximum Gasteiger partial charge on any atom is 0.337 e. The van der Waals surface area contributed by atoms with Crippen LogP contribution in [0.4, 0.5) is 0 Å². The number of rotatable bonds is 9. The molecule has 1 aliphatic rings. The standard InChI is InChI=1S/C23H31NO7/c1-6-17(22(29)31-5)13-15(3)12-14(2)8-7-9-16(4)19(26)18-20(27)23(30,10-11-25)24-21(18)28/h6-9,12-13,18,20,25,27,30H,10-11H2,1-5H3,(H,24,28)/t18-,20-,23-/m1/s1. The quantitative estimate of drug-likeness (QED) is 0.186. The Morgan fingerprint density at radius 1 is 1.19 bits per heavy atom. The molecule has 0 saturated carbocycles. The number of carbonyl (C=O) groups is 3. The average Bonchev–Trinajstić information content (AvgIpc) is 2.93. The van der Waals surface area contributed by atoms with E-state index in [1.165, 1.54) is 20.1 Å². The van der Waals surface area contributed by atoms with Gasteiger partial charge in [-0.1, -0.05) is 41.5 Å². The smallest absolute Gasteiger partial charge is 0.337 e. The third kappa shape index (κ3) is 6.85. The second-order valence-corrected chi connectivity index (χ2v) is 7.39. The zero-order valence-corrected chi connectivity index (χ0v) is 18.5. The molecule has 0 aromatic heterocycles. The number of nitrogens with one attached hydrogen (secondary N) is 1. The molecule has 1 amide bonds. The van der Waals surface area contributed by atoms with Gasteiger partial charge in [0.2, 0.25) is 5.91 Å². The van der Waals surface area contributed by atoms with Gasteiger partial charge in [-0.05, 0) is 39.3 Å². The highest BCUT2D eigenvalue weighted by Gasteiger charge is 2.54. The lowest BCUT2D eigenvalue weighted by molar-refractivity contribution is -0.136. The number of hydrogen-bond acceptors (Lipinski definition) is 7. The van der Waals surface area contributed by atoms with Crippen LogP contribution in [0.5, 0.6) is 0 Å². The number of ether oxygens (including phenoxy) is 1. The summed E-state index contributed by atoms with van der Waals surface area (Å²) in [5.74, 6) is -3.27. The molecular weight excluding hydrogens is 402 g/mol. The molecule has 1 saturated heterocycles. The molecule has 1 aliphatic heterocycles. The number of methoxy groups -OCH3 is 1. The third-order valence-corrected chi connectivity index (χ3v) is 4.87. The Hall–Kier alpha value is -2.81. The van der Waals surface area contributed by atoms with Crippen LogP contribution in [0.15, 0.2) is 58.7 Å². The number of amides is 1. The van der Waals surface area contributed by atoms with Gasteiger partial charge in [0.05, 0.1) is 12.7 Å². The van der Waals surface area contributed by atoms with Gasteiger partial charge in [-0.2, -0.15) is 0 Å². The molecule has 4 N–H and O–H groups in total. The van der Waals surface area contributed by atoms with E-state index in [9.17, 15) is 24.6 Å². The molecule has 1 fully saturated rings. The van der Waals surface area contributed by atoms with E-state index in [1.54, 1.807) is 31.2 Å². The summed E-state index contributed by atoms with van der Waals surface area (Å²) < 4.78 is 4.71. The zero-order valence-electron chi connectivity index (χ0n) is 18.5. The highest BCUT2D eigenvalue weighted by atomic mass is 16.5. The summed E-state index contributed by atoms with van der Waals surface area (Å²) in [6.45, 7) is 6.47. The lowest BCUT2D eigenvalue weighted by atomic mass is 9.90. The molecule has 0 bridgehead atoms. The molecule has 3 atom stereocenters. The maximum atomic E-state index is 12.6. The summed E-state index contributed by atoms with van der Waals surface area (Å²) in [5, 5.41) is 31.6. The Labute approximate surface area is 182 Å².